The average molecular weight is 378 g/mol. The minimum absolute atomic E-state index is 0.262. The molecular weight excluding hydrogens is 363 g/mol. The van der Waals surface area contributed by atoms with E-state index in [1.807, 2.05) is 0 Å². The third kappa shape index (κ3) is 3.62. The van der Waals surface area contributed by atoms with Crippen LogP contribution < -0.4 is 4.74 Å². The van der Waals surface area contributed by atoms with Crippen molar-refractivity contribution in [2.45, 2.75) is 6.92 Å². The zero-order chi connectivity index (χ0) is 20.3. The average Bonchev–Trinajstić information content (AvgIpc) is 2.68. The summed E-state index contributed by atoms with van der Waals surface area (Å²) < 4.78 is 19.0. The highest BCUT2D eigenvalue weighted by atomic mass is 19.1. The van der Waals surface area contributed by atoms with Crippen LogP contribution in [0.2, 0.25) is 0 Å². The van der Waals surface area contributed by atoms with Crippen molar-refractivity contribution in [1.82, 2.24) is 4.98 Å². The molecule has 7 heteroatoms. The van der Waals surface area contributed by atoms with Crippen molar-refractivity contribution in [2.75, 3.05) is 6.61 Å². The molecule has 2 aromatic carbocycles. The third-order valence-corrected chi connectivity index (χ3v) is 4.06. The summed E-state index contributed by atoms with van der Waals surface area (Å²) in [6, 6.07) is 12.2. The highest BCUT2D eigenvalue weighted by molar-refractivity contribution is 5.92. The van der Waals surface area contributed by atoms with Crippen LogP contribution in [0.25, 0.3) is 22.4 Å². The molecule has 3 rings (SSSR count). The molecule has 3 aromatic rings. The summed E-state index contributed by atoms with van der Waals surface area (Å²) in [4.78, 5) is 15.3. The van der Waals surface area contributed by atoms with Crippen molar-refractivity contribution < 1.29 is 24.1 Å². The Labute approximate surface area is 160 Å². The number of carboxylic acid groups (broad SMARTS) is 1. The van der Waals surface area contributed by atoms with Gasteiger partial charge in [-0.15, -0.1) is 0 Å². The van der Waals surface area contributed by atoms with Crippen LogP contribution in [0.4, 0.5) is 4.39 Å². The molecule has 0 aliphatic heterocycles. The van der Waals surface area contributed by atoms with Crippen LogP contribution in [0.15, 0.2) is 48.7 Å². The summed E-state index contributed by atoms with van der Waals surface area (Å²) in [7, 11) is 0. The number of nitriles is 1. The van der Waals surface area contributed by atoms with E-state index in [9.17, 15) is 24.7 Å². The van der Waals surface area contributed by atoms with Crippen molar-refractivity contribution in [3.63, 3.8) is 0 Å². The molecule has 0 aliphatic carbocycles. The Hall–Kier alpha value is -3.92. The fourth-order valence-electron chi connectivity index (χ4n) is 2.81. The quantitative estimate of drug-likeness (QED) is 0.689. The largest absolute Gasteiger partial charge is 0.505 e. The van der Waals surface area contributed by atoms with Crippen molar-refractivity contribution >= 4 is 5.97 Å². The van der Waals surface area contributed by atoms with Crippen LogP contribution >= 0.6 is 0 Å². The molecule has 0 saturated carbocycles. The van der Waals surface area contributed by atoms with E-state index in [0.29, 0.717) is 29.0 Å². The van der Waals surface area contributed by atoms with Crippen LogP contribution in [-0.2, 0) is 0 Å². The van der Waals surface area contributed by atoms with E-state index in [1.54, 1.807) is 31.2 Å². The van der Waals surface area contributed by atoms with Crippen molar-refractivity contribution in [3.8, 4) is 40.0 Å². The maximum absolute atomic E-state index is 13.3. The van der Waals surface area contributed by atoms with Crippen molar-refractivity contribution in [1.29, 1.82) is 5.26 Å². The molecule has 2 N–H and O–H groups in total. The van der Waals surface area contributed by atoms with E-state index < -0.39 is 17.5 Å². The van der Waals surface area contributed by atoms with Gasteiger partial charge in [-0.1, -0.05) is 12.1 Å². The van der Waals surface area contributed by atoms with E-state index in [-0.39, 0.29) is 16.8 Å². The molecule has 1 heterocycles. The summed E-state index contributed by atoms with van der Waals surface area (Å²) in [5.41, 5.74) is 1.79. The summed E-state index contributed by atoms with van der Waals surface area (Å²) in [6.45, 7) is 2.11. The van der Waals surface area contributed by atoms with E-state index in [1.165, 1.54) is 18.2 Å². The minimum Gasteiger partial charge on any atom is -0.505 e. The molecule has 0 aliphatic rings. The number of nitrogens with zero attached hydrogens (tertiary/aromatic N) is 2. The lowest BCUT2D eigenvalue weighted by atomic mass is 9.95. The van der Waals surface area contributed by atoms with Gasteiger partial charge < -0.3 is 14.9 Å². The fraction of sp³-hybridized carbons (Fsp3) is 0.0952. The van der Waals surface area contributed by atoms with Crippen LogP contribution in [0.1, 0.15) is 22.8 Å². The molecule has 0 spiro atoms. The van der Waals surface area contributed by atoms with Gasteiger partial charge in [0.25, 0.3) is 0 Å². The maximum Gasteiger partial charge on any atom is 0.339 e. The highest BCUT2D eigenvalue weighted by Crippen LogP contribution is 2.38. The first kappa shape index (κ1) is 18.9. The topological polar surface area (TPSA) is 103 Å². The van der Waals surface area contributed by atoms with Crippen LogP contribution in [-0.4, -0.2) is 27.8 Å². The Morgan fingerprint density at radius 1 is 1.21 bits per heavy atom. The Morgan fingerprint density at radius 2 is 1.93 bits per heavy atom. The molecule has 0 fully saturated rings. The van der Waals surface area contributed by atoms with Gasteiger partial charge in [0.1, 0.15) is 22.9 Å². The van der Waals surface area contributed by atoms with Gasteiger partial charge in [-0.3, -0.25) is 4.98 Å². The van der Waals surface area contributed by atoms with Gasteiger partial charge in [-0.2, -0.15) is 5.26 Å². The molecule has 0 radical (unpaired) electrons. The van der Waals surface area contributed by atoms with Gasteiger partial charge in [0.05, 0.1) is 30.1 Å². The van der Waals surface area contributed by atoms with E-state index in [4.69, 9.17) is 4.74 Å². The van der Waals surface area contributed by atoms with Gasteiger partial charge in [0, 0.05) is 11.1 Å². The summed E-state index contributed by atoms with van der Waals surface area (Å²) in [6.07, 6.45) is 1.04. The number of pyridine rings is 1. The lowest BCUT2D eigenvalue weighted by Crippen LogP contribution is -2.00. The van der Waals surface area contributed by atoms with Gasteiger partial charge in [-0.05, 0) is 42.8 Å². The van der Waals surface area contributed by atoms with Gasteiger partial charge in [0.2, 0.25) is 0 Å². The standard InChI is InChI=1S/C21H15FN2O4/c1-2-28-19-8-13(17-9-16(21(26)27)18(25)11-24-17)7-14(10-23)20(19)12-3-5-15(22)6-4-12/h3-9,11,25H,2H2,1H3,(H,26,27). The predicted molar refractivity (Wildman–Crippen MR) is 99.6 cm³/mol. The minimum atomic E-state index is -1.30. The molecule has 1 aromatic heterocycles. The number of carboxylic acids is 1. The number of hydrogen-bond acceptors (Lipinski definition) is 5. The lowest BCUT2D eigenvalue weighted by molar-refractivity contribution is 0.0693. The SMILES string of the molecule is CCOc1cc(-c2cc(C(=O)O)c(O)cn2)cc(C#N)c1-c1ccc(F)cc1. The first-order chi connectivity index (χ1) is 13.4. The number of aromatic hydroxyl groups is 1. The molecule has 0 unspecified atom stereocenters. The molecular formula is C21H15FN2O4. The zero-order valence-corrected chi connectivity index (χ0v) is 14.8. The normalized spacial score (nSPS) is 10.3. The Morgan fingerprint density at radius 3 is 2.54 bits per heavy atom. The molecule has 0 bridgehead atoms. The number of halogens is 1. The fourth-order valence-corrected chi connectivity index (χ4v) is 2.81. The van der Waals surface area contributed by atoms with Crippen molar-refractivity contribution in [2.24, 2.45) is 0 Å². The number of carbonyl (C=O) groups is 1. The number of rotatable bonds is 5. The summed E-state index contributed by atoms with van der Waals surface area (Å²) >= 11 is 0. The number of aromatic nitrogens is 1. The van der Waals surface area contributed by atoms with E-state index >= 15 is 0 Å². The maximum atomic E-state index is 13.3. The third-order valence-electron chi connectivity index (χ3n) is 4.06. The highest BCUT2D eigenvalue weighted by Gasteiger charge is 2.18. The van der Waals surface area contributed by atoms with Crippen LogP contribution in [0, 0.1) is 17.1 Å². The lowest BCUT2D eigenvalue weighted by Gasteiger charge is -2.15. The number of benzene rings is 2. The summed E-state index contributed by atoms with van der Waals surface area (Å²) in [5.74, 6) is -1.76. The molecule has 0 amide bonds. The smallest absolute Gasteiger partial charge is 0.339 e. The van der Waals surface area contributed by atoms with Gasteiger partial charge in [0.15, 0.2) is 0 Å². The van der Waals surface area contributed by atoms with Gasteiger partial charge in [-0.25, -0.2) is 9.18 Å². The molecule has 28 heavy (non-hydrogen) atoms. The first-order valence-corrected chi connectivity index (χ1v) is 8.34. The Balaban J connectivity index is 2.22. The van der Waals surface area contributed by atoms with Crippen LogP contribution in [0.5, 0.6) is 11.5 Å². The first-order valence-electron chi connectivity index (χ1n) is 8.34. The number of hydrogen-bond donors (Lipinski definition) is 2. The molecule has 6 nitrogen and oxygen atoms in total. The monoisotopic (exact) mass is 378 g/mol. The van der Waals surface area contributed by atoms with E-state index in [2.05, 4.69) is 11.1 Å². The summed E-state index contributed by atoms with van der Waals surface area (Å²) in [5, 5.41) is 28.5. The second-order valence-electron chi connectivity index (χ2n) is 5.84. The van der Waals surface area contributed by atoms with E-state index in [0.717, 1.165) is 6.20 Å². The molecule has 140 valence electrons. The second kappa shape index (κ2) is 7.76. The van der Waals surface area contributed by atoms with Crippen molar-refractivity contribution in [3.05, 3.63) is 65.6 Å². The number of aromatic carboxylic acids is 1. The Bertz CT molecular complexity index is 1090. The van der Waals surface area contributed by atoms with Gasteiger partial charge >= 0.3 is 5.97 Å². The predicted octanol–water partition coefficient (Wildman–Crippen LogP) is 4.23. The second-order valence-corrected chi connectivity index (χ2v) is 5.84. The molecule has 0 saturated heterocycles. The molecule has 0 atom stereocenters. The zero-order valence-electron chi connectivity index (χ0n) is 14.8. The number of ether oxygens (including phenoxy) is 1. The Kier molecular flexibility index (Phi) is 5.23. The van der Waals surface area contributed by atoms with Crippen LogP contribution in [0.3, 0.4) is 0 Å².